The number of rotatable bonds is 6. The van der Waals surface area contributed by atoms with E-state index in [1.165, 1.54) is 18.2 Å². The molecule has 0 aliphatic carbocycles. The maximum atomic E-state index is 13.4. The summed E-state index contributed by atoms with van der Waals surface area (Å²) >= 11 is 0. The number of carboxylic acids is 1. The second-order valence-electron chi connectivity index (χ2n) is 4.98. The van der Waals surface area contributed by atoms with E-state index in [1.54, 1.807) is 23.1 Å². The molecular formula is C15H18FN3O2. The number of nitrogens with two attached hydrogens (primary N) is 1. The molecule has 1 atom stereocenters. The van der Waals surface area contributed by atoms with Gasteiger partial charge in [0.1, 0.15) is 11.2 Å². The van der Waals surface area contributed by atoms with Gasteiger partial charge >= 0.3 is 5.97 Å². The van der Waals surface area contributed by atoms with Crippen LogP contribution >= 0.6 is 0 Å². The number of hydrogen-bond donors (Lipinski definition) is 2. The van der Waals surface area contributed by atoms with Gasteiger partial charge in [-0.1, -0.05) is 12.1 Å². The zero-order chi connectivity index (χ0) is 15.5. The Morgan fingerprint density at radius 3 is 2.81 bits per heavy atom. The first kappa shape index (κ1) is 15.2. The summed E-state index contributed by atoms with van der Waals surface area (Å²) in [5.74, 6) is -1.55. The standard InChI is InChI=1S/C15H18FN3O2/c1-2-19-9-11(8-18-19)7-15(10-17,14(20)21)12-4-3-5-13(16)6-12/h3-6,8-9H,2,7,10,17H2,1H3,(H,20,21). The number of aryl methyl sites for hydroxylation is 1. The number of aromatic nitrogens is 2. The predicted molar refractivity (Wildman–Crippen MR) is 76.4 cm³/mol. The van der Waals surface area contributed by atoms with E-state index in [-0.39, 0.29) is 13.0 Å². The molecule has 0 radical (unpaired) electrons. The van der Waals surface area contributed by atoms with Crippen molar-refractivity contribution in [3.8, 4) is 0 Å². The lowest BCUT2D eigenvalue weighted by Gasteiger charge is -2.28. The fraction of sp³-hybridized carbons (Fsp3) is 0.333. The number of carbonyl (C=O) groups is 1. The molecule has 0 amide bonds. The molecule has 2 rings (SSSR count). The summed E-state index contributed by atoms with van der Waals surface area (Å²) in [5, 5.41) is 13.8. The summed E-state index contributed by atoms with van der Waals surface area (Å²) in [7, 11) is 0. The molecule has 0 aliphatic rings. The van der Waals surface area contributed by atoms with Crippen molar-refractivity contribution >= 4 is 5.97 Å². The summed E-state index contributed by atoms with van der Waals surface area (Å²) in [4.78, 5) is 11.8. The first-order valence-electron chi connectivity index (χ1n) is 6.72. The third-order valence-corrected chi connectivity index (χ3v) is 3.65. The Bertz CT molecular complexity index is 641. The second kappa shape index (κ2) is 6.05. The lowest BCUT2D eigenvalue weighted by molar-refractivity contribution is -0.143. The molecule has 5 nitrogen and oxygen atoms in total. The highest BCUT2D eigenvalue weighted by Crippen LogP contribution is 2.29. The van der Waals surface area contributed by atoms with Gasteiger partial charge in [-0.15, -0.1) is 0 Å². The molecule has 0 aliphatic heterocycles. The molecule has 1 aromatic heterocycles. The fourth-order valence-electron chi connectivity index (χ4n) is 2.38. The molecule has 0 fully saturated rings. The lowest BCUT2D eigenvalue weighted by Crippen LogP contribution is -2.45. The monoisotopic (exact) mass is 291 g/mol. The molecule has 21 heavy (non-hydrogen) atoms. The number of aliphatic carboxylic acids is 1. The summed E-state index contributed by atoms with van der Waals surface area (Å²) in [5.41, 5.74) is 5.51. The van der Waals surface area contributed by atoms with Gasteiger partial charge in [-0.3, -0.25) is 9.48 Å². The minimum Gasteiger partial charge on any atom is -0.481 e. The molecule has 0 saturated heterocycles. The highest BCUT2D eigenvalue weighted by molar-refractivity contribution is 5.82. The minimum absolute atomic E-state index is 0.122. The third kappa shape index (κ3) is 2.95. The van der Waals surface area contributed by atoms with Crippen molar-refractivity contribution < 1.29 is 14.3 Å². The second-order valence-corrected chi connectivity index (χ2v) is 4.98. The van der Waals surface area contributed by atoms with Crippen LogP contribution in [0.25, 0.3) is 0 Å². The average Bonchev–Trinajstić information content (AvgIpc) is 2.92. The van der Waals surface area contributed by atoms with Gasteiger partial charge in [0.05, 0.1) is 6.20 Å². The van der Waals surface area contributed by atoms with Crippen molar-refractivity contribution in [1.29, 1.82) is 0 Å². The smallest absolute Gasteiger partial charge is 0.315 e. The van der Waals surface area contributed by atoms with Gasteiger partial charge in [-0.2, -0.15) is 5.10 Å². The normalized spacial score (nSPS) is 13.9. The highest BCUT2D eigenvalue weighted by atomic mass is 19.1. The van der Waals surface area contributed by atoms with Crippen molar-refractivity contribution in [2.45, 2.75) is 25.3 Å². The fourth-order valence-corrected chi connectivity index (χ4v) is 2.38. The molecule has 0 spiro atoms. The van der Waals surface area contributed by atoms with Crippen LogP contribution in [-0.2, 0) is 23.2 Å². The average molecular weight is 291 g/mol. The van der Waals surface area contributed by atoms with Gasteiger partial charge < -0.3 is 10.8 Å². The predicted octanol–water partition coefficient (Wildman–Crippen LogP) is 1.57. The zero-order valence-electron chi connectivity index (χ0n) is 11.8. The van der Waals surface area contributed by atoms with Crippen molar-refractivity contribution in [3.63, 3.8) is 0 Å². The van der Waals surface area contributed by atoms with Crippen molar-refractivity contribution in [1.82, 2.24) is 9.78 Å². The summed E-state index contributed by atoms with van der Waals surface area (Å²) < 4.78 is 15.2. The number of carboxylic acid groups (broad SMARTS) is 1. The van der Waals surface area contributed by atoms with E-state index in [0.29, 0.717) is 12.1 Å². The van der Waals surface area contributed by atoms with E-state index < -0.39 is 17.2 Å². The SMILES string of the molecule is CCn1cc(CC(CN)(C(=O)O)c2cccc(F)c2)cn1. The van der Waals surface area contributed by atoms with Crippen molar-refractivity contribution in [2.75, 3.05) is 6.54 Å². The molecule has 112 valence electrons. The van der Waals surface area contributed by atoms with Crippen LogP contribution < -0.4 is 5.73 Å². The largest absolute Gasteiger partial charge is 0.481 e. The third-order valence-electron chi connectivity index (χ3n) is 3.65. The van der Waals surface area contributed by atoms with E-state index in [1.807, 2.05) is 6.92 Å². The lowest BCUT2D eigenvalue weighted by atomic mass is 9.76. The summed E-state index contributed by atoms with van der Waals surface area (Å²) in [6.07, 6.45) is 3.57. The van der Waals surface area contributed by atoms with E-state index in [0.717, 1.165) is 5.56 Å². The van der Waals surface area contributed by atoms with Crippen molar-refractivity contribution in [2.24, 2.45) is 5.73 Å². The van der Waals surface area contributed by atoms with E-state index in [9.17, 15) is 14.3 Å². The Morgan fingerprint density at radius 2 is 2.29 bits per heavy atom. The molecule has 0 bridgehead atoms. The van der Waals surface area contributed by atoms with Crippen LogP contribution in [0.5, 0.6) is 0 Å². The van der Waals surface area contributed by atoms with E-state index in [4.69, 9.17) is 5.73 Å². The van der Waals surface area contributed by atoms with Crippen LogP contribution in [-0.4, -0.2) is 27.4 Å². The van der Waals surface area contributed by atoms with Crippen LogP contribution in [0.15, 0.2) is 36.7 Å². The molecule has 1 heterocycles. The van der Waals surface area contributed by atoms with Crippen molar-refractivity contribution in [3.05, 3.63) is 53.6 Å². The zero-order valence-corrected chi connectivity index (χ0v) is 11.8. The maximum absolute atomic E-state index is 13.4. The molecular weight excluding hydrogens is 273 g/mol. The van der Waals surface area contributed by atoms with Gasteiger partial charge in [-0.25, -0.2) is 4.39 Å². The molecule has 6 heteroatoms. The quantitative estimate of drug-likeness (QED) is 0.846. The van der Waals surface area contributed by atoms with Gasteiger partial charge in [0.2, 0.25) is 0 Å². The van der Waals surface area contributed by atoms with Crippen LogP contribution in [0.4, 0.5) is 4.39 Å². The summed E-state index contributed by atoms with van der Waals surface area (Å²) in [6, 6.07) is 5.59. The molecule has 1 unspecified atom stereocenters. The van der Waals surface area contributed by atoms with Gasteiger partial charge in [-0.05, 0) is 36.6 Å². The molecule has 1 aromatic carbocycles. The molecule has 3 N–H and O–H groups in total. The van der Waals surface area contributed by atoms with Crippen LogP contribution in [0.3, 0.4) is 0 Å². The first-order chi connectivity index (χ1) is 10.0. The molecule has 0 saturated carbocycles. The minimum atomic E-state index is -1.36. The van der Waals surface area contributed by atoms with Gasteiger partial charge in [0, 0.05) is 19.3 Å². The van der Waals surface area contributed by atoms with E-state index in [2.05, 4.69) is 5.10 Å². The number of hydrogen-bond acceptors (Lipinski definition) is 3. The van der Waals surface area contributed by atoms with Gasteiger partial charge in [0.25, 0.3) is 0 Å². The Balaban J connectivity index is 2.44. The Labute approximate surface area is 122 Å². The topological polar surface area (TPSA) is 81.1 Å². The first-order valence-corrected chi connectivity index (χ1v) is 6.72. The Hall–Kier alpha value is -2.21. The van der Waals surface area contributed by atoms with Gasteiger partial charge in [0.15, 0.2) is 0 Å². The maximum Gasteiger partial charge on any atom is 0.315 e. The Morgan fingerprint density at radius 1 is 1.52 bits per heavy atom. The number of benzene rings is 1. The number of nitrogens with zero attached hydrogens (tertiary/aromatic N) is 2. The van der Waals surface area contributed by atoms with Crippen LogP contribution in [0, 0.1) is 5.82 Å². The highest BCUT2D eigenvalue weighted by Gasteiger charge is 2.40. The van der Waals surface area contributed by atoms with Crippen LogP contribution in [0.2, 0.25) is 0 Å². The van der Waals surface area contributed by atoms with Crippen LogP contribution in [0.1, 0.15) is 18.1 Å². The number of halogens is 1. The van der Waals surface area contributed by atoms with E-state index >= 15 is 0 Å². The molecule has 2 aromatic rings. The Kier molecular flexibility index (Phi) is 4.37. The summed E-state index contributed by atoms with van der Waals surface area (Å²) in [6.45, 7) is 2.52.